The SMILES string of the molecule is CC(C)(C)OC(=O)NC[C@]1(C2C=CC=C(Cl)C2)CC[C@H](O)CC1. The Bertz CT molecular complexity index is 485. The van der Waals surface area contributed by atoms with Crippen LogP contribution >= 0.6 is 11.6 Å². The number of carbonyl (C=O) groups excluding carboxylic acids is 1. The molecule has 2 N–H and O–H groups in total. The van der Waals surface area contributed by atoms with E-state index in [4.69, 9.17) is 16.3 Å². The molecule has 2 aliphatic rings. The summed E-state index contributed by atoms with van der Waals surface area (Å²) in [4.78, 5) is 12.0. The van der Waals surface area contributed by atoms with Gasteiger partial charge >= 0.3 is 6.09 Å². The number of allylic oxidation sites excluding steroid dienone is 4. The number of hydrogen-bond donors (Lipinski definition) is 2. The smallest absolute Gasteiger partial charge is 0.407 e. The third-order valence-electron chi connectivity index (χ3n) is 4.76. The van der Waals surface area contributed by atoms with Crippen molar-refractivity contribution in [2.24, 2.45) is 11.3 Å². The second-order valence-corrected chi connectivity index (χ2v) is 8.24. The van der Waals surface area contributed by atoms with Crippen molar-refractivity contribution in [2.75, 3.05) is 6.54 Å². The van der Waals surface area contributed by atoms with Gasteiger partial charge in [0.15, 0.2) is 0 Å². The molecule has 0 bridgehead atoms. The number of carbonyl (C=O) groups is 1. The Hall–Kier alpha value is -1.00. The molecule has 0 aromatic rings. The highest BCUT2D eigenvalue weighted by molar-refractivity contribution is 6.29. The highest BCUT2D eigenvalue weighted by Gasteiger charge is 2.41. The van der Waals surface area contributed by atoms with E-state index in [0.29, 0.717) is 6.54 Å². The number of rotatable bonds is 3. The minimum absolute atomic E-state index is 0.0684. The van der Waals surface area contributed by atoms with E-state index in [-0.39, 0.29) is 23.5 Å². The lowest BCUT2D eigenvalue weighted by Gasteiger charge is -2.44. The van der Waals surface area contributed by atoms with Gasteiger partial charge in [-0.3, -0.25) is 0 Å². The largest absolute Gasteiger partial charge is 0.444 e. The third-order valence-corrected chi connectivity index (χ3v) is 5.04. The van der Waals surface area contributed by atoms with E-state index in [2.05, 4.69) is 11.4 Å². The number of aliphatic hydroxyl groups excluding tert-OH is 1. The summed E-state index contributed by atoms with van der Waals surface area (Å²) in [6.07, 6.45) is 9.56. The van der Waals surface area contributed by atoms with E-state index in [1.165, 1.54) is 0 Å². The third kappa shape index (κ3) is 5.25. The fraction of sp³-hybridized carbons (Fsp3) is 0.722. The Kier molecular flexibility index (Phi) is 5.79. The van der Waals surface area contributed by atoms with Crippen LogP contribution in [0.5, 0.6) is 0 Å². The minimum atomic E-state index is -0.503. The quantitative estimate of drug-likeness (QED) is 0.811. The van der Waals surface area contributed by atoms with Gasteiger partial charge in [0.2, 0.25) is 0 Å². The Morgan fingerprint density at radius 1 is 1.43 bits per heavy atom. The topological polar surface area (TPSA) is 58.6 Å². The predicted molar refractivity (Wildman–Crippen MR) is 92.3 cm³/mol. The second-order valence-electron chi connectivity index (χ2n) is 7.76. The van der Waals surface area contributed by atoms with E-state index in [9.17, 15) is 9.90 Å². The van der Waals surface area contributed by atoms with Crippen LogP contribution < -0.4 is 5.32 Å². The lowest BCUT2D eigenvalue weighted by Crippen LogP contribution is -2.46. The van der Waals surface area contributed by atoms with Gasteiger partial charge in [0, 0.05) is 11.6 Å². The molecular formula is C18H28ClNO3. The standard InChI is InChI=1S/C18H28ClNO3/c1-17(2,3)23-16(22)20-12-18(9-7-15(21)8-10-18)13-5-4-6-14(19)11-13/h4-6,13,15,21H,7-12H2,1-3H3,(H,20,22)/t13?,15-,18-. The van der Waals surface area contributed by atoms with Gasteiger partial charge in [-0.1, -0.05) is 23.8 Å². The van der Waals surface area contributed by atoms with E-state index < -0.39 is 5.60 Å². The maximum Gasteiger partial charge on any atom is 0.407 e. The molecule has 0 radical (unpaired) electrons. The minimum Gasteiger partial charge on any atom is -0.444 e. The molecule has 2 rings (SSSR count). The first kappa shape index (κ1) is 18.3. The second kappa shape index (κ2) is 7.27. The van der Waals surface area contributed by atoms with Crippen LogP contribution in [-0.2, 0) is 4.74 Å². The molecule has 0 aromatic carbocycles. The van der Waals surface area contributed by atoms with Gasteiger partial charge < -0.3 is 15.2 Å². The number of alkyl carbamates (subject to hydrolysis) is 1. The van der Waals surface area contributed by atoms with Crippen molar-refractivity contribution >= 4 is 17.7 Å². The van der Waals surface area contributed by atoms with Crippen LogP contribution in [0.2, 0.25) is 0 Å². The highest BCUT2D eigenvalue weighted by Crippen LogP contribution is 2.46. The summed E-state index contributed by atoms with van der Waals surface area (Å²) in [5, 5.41) is 13.6. The number of nitrogens with one attached hydrogen (secondary N) is 1. The molecule has 1 fully saturated rings. The molecule has 0 heterocycles. The first-order valence-electron chi connectivity index (χ1n) is 8.38. The van der Waals surface area contributed by atoms with Crippen molar-refractivity contribution in [1.82, 2.24) is 5.32 Å². The van der Waals surface area contributed by atoms with Crippen LogP contribution in [-0.4, -0.2) is 29.4 Å². The monoisotopic (exact) mass is 341 g/mol. The molecule has 0 aliphatic heterocycles. The molecule has 5 heteroatoms. The van der Waals surface area contributed by atoms with E-state index in [0.717, 1.165) is 37.1 Å². The Labute approximate surface area is 143 Å². The van der Waals surface area contributed by atoms with Gasteiger partial charge in [-0.15, -0.1) is 0 Å². The molecule has 2 aliphatic carbocycles. The summed E-state index contributed by atoms with van der Waals surface area (Å²) < 4.78 is 5.35. The summed E-state index contributed by atoms with van der Waals surface area (Å²) >= 11 is 6.22. The summed E-state index contributed by atoms with van der Waals surface area (Å²) in [5.74, 6) is 0.280. The lowest BCUT2D eigenvalue weighted by atomic mass is 9.63. The van der Waals surface area contributed by atoms with Gasteiger partial charge in [-0.25, -0.2) is 4.79 Å². The Balaban J connectivity index is 2.04. The van der Waals surface area contributed by atoms with Crippen LogP contribution in [0.3, 0.4) is 0 Å². The molecule has 0 spiro atoms. The number of amides is 1. The van der Waals surface area contributed by atoms with Crippen molar-refractivity contribution in [3.63, 3.8) is 0 Å². The first-order chi connectivity index (χ1) is 10.7. The van der Waals surface area contributed by atoms with Crippen LogP contribution in [0, 0.1) is 11.3 Å². The number of aliphatic hydroxyl groups is 1. The van der Waals surface area contributed by atoms with Crippen molar-refractivity contribution in [3.05, 3.63) is 23.3 Å². The van der Waals surface area contributed by atoms with Gasteiger partial charge in [-0.2, -0.15) is 0 Å². The Morgan fingerprint density at radius 3 is 2.65 bits per heavy atom. The van der Waals surface area contributed by atoms with Gasteiger partial charge in [-0.05, 0) is 70.3 Å². The van der Waals surface area contributed by atoms with Crippen LogP contribution in [0.4, 0.5) is 4.79 Å². The van der Waals surface area contributed by atoms with E-state index >= 15 is 0 Å². The van der Waals surface area contributed by atoms with Crippen LogP contribution in [0.1, 0.15) is 52.9 Å². The fourth-order valence-electron chi connectivity index (χ4n) is 3.48. The zero-order chi connectivity index (χ0) is 17.1. The van der Waals surface area contributed by atoms with Gasteiger partial charge in [0.1, 0.15) is 5.60 Å². The maximum atomic E-state index is 12.0. The zero-order valence-electron chi connectivity index (χ0n) is 14.3. The van der Waals surface area contributed by atoms with Crippen molar-refractivity contribution in [1.29, 1.82) is 0 Å². The average Bonchev–Trinajstić information content (AvgIpc) is 2.45. The summed E-state index contributed by atoms with van der Waals surface area (Å²) in [7, 11) is 0. The molecule has 23 heavy (non-hydrogen) atoms. The predicted octanol–water partition coefficient (Wildman–Crippen LogP) is 4.13. The molecule has 130 valence electrons. The molecule has 1 saturated carbocycles. The molecule has 0 saturated heterocycles. The molecule has 1 amide bonds. The highest BCUT2D eigenvalue weighted by atomic mass is 35.5. The van der Waals surface area contributed by atoms with Crippen molar-refractivity contribution in [3.8, 4) is 0 Å². The molecule has 1 unspecified atom stereocenters. The number of halogens is 1. The molecule has 1 atom stereocenters. The fourth-order valence-corrected chi connectivity index (χ4v) is 3.72. The average molecular weight is 342 g/mol. The number of ether oxygens (including phenoxy) is 1. The van der Waals surface area contributed by atoms with Gasteiger partial charge in [0.05, 0.1) is 6.10 Å². The van der Waals surface area contributed by atoms with E-state index in [1.54, 1.807) is 0 Å². The maximum absolute atomic E-state index is 12.0. The van der Waals surface area contributed by atoms with Crippen LogP contribution in [0.15, 0.2) is 23.3 Å². The van der Waals surface area contributed by atoms with Crippen LogP contribution in [0.25, 0.3) is 0 Å². The molecule has 0 aromatic heterocycles. The van der Waals surface area contributed by atoms with Gasteiger partial charge in [0.25, 0.3) is 0 Å². The lowest BCUT2D eigenvalue weighted by molar-refractivity contribution is 0.0264. The van der Waals surface area contributed by atoms with Crippen molar-refractivity contribution in [2.45, 2.75) is 64.6 Å². The molecular weight excluding hydrogens is 314 g/mol. The Morgan fingerprint density at radius 2 is 2.09 bits per heavy atom. The normalized spacial score (nSPS) is 31.4. The van der Waals surface area contributed by atoms with E-state index in [1.807, 2.05) is 32.9 Å². The summed E-state index contributed by atoms with van der Waals surface area (Å²) in [6.45, 7) is 6.11. The number of hydrogen-bond acceptors (Lipinski definition) is 3. The summed E-state index contributed by atoms with van der Waals surface area (Å²) in [5.41, 5.74) is -0.572. The van der Waals surface area contributed by atoms with Crippen molar-refractivity contribution < 1.29 is 14.6 Å². The zero-order valence-corrected chi connectivity index (χ0v) is 15.0. The first-order valence-corrected chi connectivity index (χ1v) is 8.76. The molecule has 4 nitrogen and oxygen atoms in total. The summed E-state index contributed by atoms with van der Waals surface area (Å²) in [6, 6.07) is 0.